The summed E-state index contributed by atoms with van der Waals surface area (Å²) < 4.78 is 0. The molecular weight excluding hydrogens is 191 g/mol. The Balaban J connectivity index is -0.000000107. The minimum Gasteiger partial charge on any atom is -0.412 e. The van der Waals surface area contributed by atoms with Gasteiger partial charge >= 0.3 is 0 Å². The summed E-state index contributed by atoms with van der Waals surface area (Å²) in [6.45, 7) is 3.44. The second-order valence-corrected chi connectivity index (χ2v) is 2.26. The van der Waals surface area contributed by atoms with Crippen LogP contribution in [0.4, 0.5) is 0 Å². The highest BCUT2D eigenvalue weighted by molar-refractivity contribution is 6.63. The summed E-state index contributed by atoms with van der Waals surface area (Å²) in [5.74, 6) is 0. The molecule has 5 heteroatoms. The van der Waals surface area contributed by atoms with E-state index in [1.54, 1.807) is 13.8 Å². The number of hydrogen-bond acceptors (Lipinski definition) is 2. The van der Waals surface area contributed by atoms with Gasteiger partial charge in [-0.2, -0.15) is 0 Å². The van der Waals surface area contributed by atoms with Crippen molar-refractivity contribution in [3.63, 3.8) is 0 Å². The standard InChI is InChI=1S/2C3H5ClO.H2O/c2*1-2-3(4)5;/h2*2H2,1H3;1H2. The molecule has 0 amide bonds. The molecule has 0 aliphatic carbocycles. The molecule has 0 unspecified atom stereocenters. The minimum atomic E-state index is -0.273. The molecule has 0 atom stereocenters. The average Bonchev–Trinajstić information content (AvgIpc) is 1.89. The third-order valence-corrected chi connectivity index (χ3v) is 1.09. The molecule has 3 nitrogen and oxygen atoms in total. The zero-order valence-corrected chi connectivity index (χ0v) is 8.00. The highest BCUT2D eigenvalue weighted by Gasteiger charge is 1.81. The molecular formula is C6H12Cl2O3. The molecule has 0 aliphatic heterocycles. The third kappa shape index (κ3) is 40.8. The van der Waals surface area contributed by atoms with Crippen molar-refractivity contribution in [2.24, 2.45) is 0 Å². The Labute approximate surface area is 76.0 Å². The van der Waals surface area contributed by atoms with Crippen LogP contribution in [-0.2, 0) is 9.59 Å². The van der Waals surface area contributed by atoms with Crippen LogP contribution >= 0.6 is 23.2 Å². The van der Waals surface area contributed by atoms with E-state index in [4.69, 9.17) is 23.2 Å². The topological polar surface area (TPSA) is 65.6 Å². The molecule has 0 saturated heterocycles. The fourth-order valence-electron chi connectivity index (χ4n) is 0. The lowest BCUT2D eigenvalue weighted by molar-refractivity contribution is -0.112. The Kier molecular flexibility index (Phi) is 19.5. The largest absolute Gasteiger partial charge is 0.412 e. The van der Waals surface area contributed by atoms with Crippen molar-refractivity contribution < 1.29 is 15.1 Å². The Morgan fingerprint density at radius 3 is 1.09 bits per heavy atom. The molecule has 0 fully saturated rings. The van der Waals surface area contributed by atoms with Crippen LogP contribution in [0.15, 0.2) is 0 Å². The van der Waals surface area contributed by atoms with E-state index in [0.29, 0.717) is 12.8 Å². The highest BCUT2D eigenvalue weighted by Crippen LogP contribution is 1.82. The van der Waals surface area contributed by atoms with Gasteiger partial charge in [0.05, 0.1) is 0 Å². The second-order valence-electron chi connectivity index (χ2n) is 1.42. The molecule has 2 N–H and O–H groups in total. The molecule has 0 aromatic rings. The normalized spacial score (nSPS) is 6.91. The molecule has 0 aliphatic rings. The van der Waals surface area contributed by atoms with E-state index in [1.165, 1.54) is 0 Å². The van der Waals surface area contributed by atoms with E-state index < -0.39 is 0 Å². The predicted molar refractivity (Wildman–Crippen MR) is 45.9 cm³/mol. The van der Waals surface area contributed by atoms with Crippen molar-refractivity contribution in [2.75, 3.05) is 0 Å². The third-order valence-electron chi connectivity index (χ3n) is 0.556. The first-order valence-electron chi connectivity index (χ1n) is 2.91. The summed E-state index contributed by atoms with van der Waals surface area (Å²) >= 11 is 9.65. The fraction of sp³-hybridized carbons (Fsp3) is 0.667. The van der Waals surface area contributed by atoms with E-state index in [0.717, 1.165) is 0 Å². The van der Waals surface area contributed by atoms with Gasteiger partial charge in [0.1, 0.15) is 0 Å². The first kappa shape index (κ1) is 17.1. The summed E-state index contributed by atoms with van der Waals surface area (Å²) in [6, 6.07) is 0. The predicted octanol–water partition coefficient (Wildman–Crippen LogP) is 1.50. The van der Waals surface area contributed by atoms with E-state index in [2.05, 4.69) is 0 Å². The SMILES string of the molecule is CCC(=O)Cl.CCC(=O)Cl.O. The van der Waals surface area contributed by atoms with Crippen LogP contribution in [-0.4, -0.2) is 16.0 Å². The quantitative estimate of drug-likeness (QED) is 0.638. The van der Waals surface area contributed by atoms with Crippen molar-refractivity contribution in [1.82, 2.24) is 0 Å². The van der Waals surface area contributed by atoms with Gasteiger partial charge in [0, 0.05) is 12.8 Å². The van der Waals surface area contributed by atoms with Crippen molar-refractivity contribution in [3.05, 3.63) is 0 Å². The van der Waals surface area contributed by atoms with Crippen LogP contribution in [0.2, 0.25) is 0 Å². The molecule has 11 heavy (non-hydrogen) atoms. The van der Waals surface area contributed by atoms with E-state index >= 15 is 0 Å². The van der Waals surface area contributed by atoms with Crippen LogP contribution in [0, 0.1) is 0 Å². The molecule has 0 radical (unpaired) electrons. The monoisotopic (exact) mass is 202 g/mol. The number of carbonyl (C=O) groups excluding carboxylic acids is 2. The van der Waals surface area contributed by atoms with Crippen molar-refractivity contribution >= 4 is 33.7 Å². The van der Waals surface area contributed by atoms with E-state index in [-0.39, 0.29) is 16.0 Å². The molecule has 0 heterocycles. The maximum atomic E-state index is 9.58. The minimum absolute atomic E-state index is 0. The maximum Gasteiger partial charge on any atom is 0.221 e. The first-order chi connectivity index (χ1) is 4.54. The van der Waals surface area contributed by atoms with Gasteiger partial charge in [-0.15, -0.1) is 0 Å². The molecule has 68 valence electrons. The van der Waals surface area contributed by atoms with Crippen molar-refractivity contribution in [1.29, 1.82) is 0 Å². The van der Waals surface area contributed by atoms with Gasteiger partial charge in [0.15, 0.2) is 0 Å². The van der Waals surface area contributed by atoms with Gasteiger partial charge in [-0.1, -0.05) is 13.8 Å². The Hall–Kier alpha value is -0.120. The first-order valence-corrected chi connectivity index (χ1v) is 3.66. The smallest absolute Gasteiger partial charge is 0.221 e. The maximum absolute atomic E-state index is 9.58. The number of hydrogen-bond donors (Lipinski definition) is 0. The zero-order valence-electron chi connectivity index (χ0n) is 6.49. The van der Waals surface area contributed by atoms with Crippen LogP contribution in [0.5, 0.6) is 0 Å². The summed E-state index contributed by atoms with van der Waals surface area (Å²) in [7, 11) is 0. The van der Waals surface area contributed by atoms with Crippen LogP contribution < -0.4 is 0 Å². The summed E-state index contributed by atoms with van der Waals surface area (Å²) in [4.78, 5) is 19.2. The number of halogens is 2. The Bertz CT molecular complexity index is 100. The van der Waals surface area contributed by atoms with Crippen LogP contribution in [0.3, 0.4) is 0 Å². The van der Waals surface area contributed by atoms with Crippen LogP contribution in [0.1, 0.15) is 26.7 Å². The zero-order chi connectivity index (χ0) is 8.57. The lowest BCUT2D eigenvalue weighted by atomic mass is 10.6. The number of rotatable bonds is 2. The van der Waals surface area contributed by atoms with Crippen LogP contribution in [0.25, 0.3) is 0 Å². The van der Waals surface area contributed by atoms with Gasteiger partial charge in [-0.25, -0.2) is 0 Å². The summed E-state index contributed by atoms with van der Waals surface area (Å²) in [5.41, 5.74) is 0. The molecule has 0 aromatic heterocycles. The molecule has 0 spiro atoms. The Morgan fingerprint density at radius 2 is 1.09 bits per heavy atom. The summed E-state index contributed by atoms with van der Waals surface area (Å²) in [6.07, 6.45) is 0.864. The van der Waals surface area contributed by atoms with Crippen molar-refractivity contribution in [3.8, 4) is 0 Å². The van der Waals surface area contributed by atoms with Gasteiger partial charge in [0.2, 0.25) is 10.5 Å². The highest BCUT2D eigenvalue weighted by atomic mass is 35.5. The lowest BCUT2D eigenvalue weighted by Gasteiger charge is -1.68. The molecule has 0 rings (SSSR count). The molecule has 0 saturated carbocycles. The van der Waals surface area contributed by atoms with Crippen molar-refractivity contribution in [2.45, 2.75) is 26.7 Å². The van der Waals surface area contributed by atoms with E-state index in [9.17, 15) is 9.59 Å². The lowest BCUT2D eigenvalue weighted by Crippen LogP contribution is -1.74. The van der Waals surface area contributed by atoms with Gasteiger partial charge in [-0.3, -0.25) is 9.59 Å². The second kappa shape index (κ2) is 12.5. The number of carbonyl (C=O) groups is 2. The summed E-state index contributed by atoms with van der Waals surface area (Å²) in [5, 5.41) is -0.546. The average molecular weight is 203 g/mol. The molecule has 0 bridgehead atoms. The fourth-order valence-corrected chi connectivity index (χ4v) is 0. The Morgan fingerprint density at radius 1 is 1.00 bits per heavy atom. The van der Waals surface area contributed by atoms with Gasteiger partial charge in [-0.05, 0) is 23.2 Å². The van der Waals surface area contributed by atoms with E-state index in [1.807, 2.05) is 0 Å². The van der Waals surface area contributed by atoms with Gasteiger partial charge in [0.25, 0.3) is 0 Å². The van der Waals surface area contributed by atoms with Gasteiger partial charge < -0.3 is 5.48 Å². The molecule has 0 aromatic carbocycles.